The van der Waals surface area contributed by atoms with Crippen molar-refractivity contribution in [2.75, 3.05) is 18.1 Å². The fourth-order valence-corrected chi connectivity index (χ4v) is 1.75. The van der Waals surface area contributed by atoms with Crippen LogP contribution < -0.4 is 5.32 Å². The molecule has 0 spiro atoms. The van der Waals surface area contributed by atoms with Gasteiger partial charge < -0.3 is 10.4 Å². The van der Waals surface area contributed by atoms with E-state index in [9.17, 15) is 9.59 Å². The van der Waals surface area contributed by atoms with Crippen LogP contribution in [0.1, 0.15) is 21.0 Å². The van der Waals surface area contributed by atoms with E-state index in [0.29, 0.717) is 6.54 Å². The molecule has 5 nitrogen and oxygen atoms in total. The van der Waals surface area contributed by atoms with E-state index in [2.05, 4.69) is 16.9 Å². The van der Waals surface area contributed by atoms with Gasteiger partial charge in [0.15, 0.2) is 0 Å². The summed E-state index contributed by atoms with van der Waals surface area (Å²) in [5.41, 5.74) is -0.0210. The average Bonchev–Trinajstić information content (AvgIpc) is 2.38. The Labute approximate surface area is 109 Å². The maximum Gasteiger partial charge on any atom is 0.354 e. The van der Waals surface area contributed by atoms with Gasteiger partial charge in [-0.15, -0.1) is 6.58 Å². The molecule has 0 fully saturated rings. The number of rotatable bonds is 7. The molecule has 0 aliphatic rings. The van der Waals surface area contributed by atoms with Crippen LogP contribution in [0, 0.1) is 0 Å². The smallest absolute Gasteiger partial charge is 0.354 e. The number of hydrogen-bond acceptors (Lipinski definition) is 4. The lowest BCUT2D eigenvalue weighted by molar-refractivity contribution is 0.0690. The van der Waals surface area contributed by atoms with Gasteiger partial charge in [-0.25, -0.2) is 9.78 Å². The number of hydrogen-bond donors (Lipinski definition) is 2. The minimum absolute atomic E-state index is 0.114. The van der Waals surface area contributed by atoms with Crippen molar-refractivity contribution in [3.05, 3.63) is 42.2 Å². The number of carbonyl (C=O) groups is 2. The zero-order valence-electron chi connectivity index (χ0n) is 9.76. The number of nitrogens with zero attached hydrogens (tertiary/aromatic N) is 1. The molecule has 1 rings (SSSR count). The summed E-state index contributed by atoms with van der Waals surface area (Å²) in [6, 6.07) is 4.33. The van der Waals surface area contributed by atoms with Gasteiger partial charge in [-0.3, -0.25) is 4.79 Å². The Hall–Kier alpha value is -1.82. The summed E-state index contributed by atoms with van der Waals surface area (Å²) in [5.74, 6) is 0.0995. The van der Waals surface area contributed by atoms with Crippen LogP contribution in [0.15, 0.2) is 30.9 Å². The molecular formula is C12H14N2O3S. The van der Waals surface area contributed by atoms with E-state index < -0.39 is 5.97 Å². The third kappa shape index (κ3) is 4.58. The van der Waals surface area contributed by atoms with Gasteiger partial charge in [-0.1, -0.05) is 12.1 Å². The van der Waals surface area contributed by atoms with Crippen LogP contribution >= 0.6 is 11.8 Å². The van der Waals surface area contributed by atoms with Crippen molar-refractivity contribution in [2.45, 2.75) is 0 Å². The third-order valence-corrected chi connectivity index (χ3v) is 2.93. The average molecular weight is 266 g/mol. The van der Waals surface area contributed by atoms with Crippen LogP contribution in [0.25, 0.3) is 0 Å². The zero-order valence-corrected chi connectivity index (χ0v) is 10.6. The second kappa shape index (κ2) is 7.50. The minimum Gasteiger partial charge on any atom is -0.477 e. The minimum atomic E-state index is -1.15. The van der Waals surface area contributed by atoms with Crippen LogP contribution in [0.2, 0.25) is 0 Å². The summed E-state index contributed by atoms with van der Waals surface area (Å²) in [6.45, 7) is 4.10. The summed E-state index contributed by atoms with van der Waals surface area (Å²) in [4.78, 5) is 26.1. The molecule has 1 aromatic rings. The molecule has 0 radical (unpaired) electrons. The quantitative estimate of drug-likeness (QED) is 0.576. The van der Waals surface area contributed by atoms with Crippen LogP contribution in [0.4, 0.5) is 0 Å². The number of pyridine rings is 1. The predicted molar refractivity (Wildman–Crippen MR) is 71.1 cm³/mol. The highest BCUT2D eigenvalue weighted by Crippen LogP contribution is 2.01. The molecule has 1 heterocycles. The molecule has 1 amide bonds. The summed E-state index contributed by atoms with van der Waals surface area (Å²) in [5, 5.41) is 11.4. The van der Waals surface area contributed by atoms with Crippen molar-refractivity contribution in [3.63, 3.8) is 0 Å². The number of aromatic nitrogens is 1. The van der Waals surface area contributed by atoms with E-state index >= 15 is 0 Å². The SMILES string of the molecule is C=CCSCCNC(=O)c1cccc(C(=O)O)n1. The topological polar surface area (TPSA) is 79.3 Å². The molecule has 0 bridgehead atoms. The number of amides is 1. The maximum atomic E-state index is 11.7. The molecule has 1 aromatic heterocycles. The van der Waals surface area contributed by atoms with Gasteiger partial charge in [0.2, 0.25) is 0 Å². The summed E-state index contributed by atoms with van der Waals surface area (Å²) in [6.07, 6.45) is 1.80. The Morgan fingerprint density at radius 3 is 2.83 bits per heavy atom. The van der Waals surface area contributed by atoms with Gasteiger partial charge in [-0.05, 0) is 12.1 Å². The highest BCUT2D eigenvalue weighted by atomic mass is 32.2. The van der Waals surface area contributed by atoms with Crippen LogP contribution in [-0.4, -0.2) is 40.0 Å². The van der Waals surface area contributed by atoms with Crippen molar-refractivity contribution in [1.29, 1.82) is 0 Å². The standard InChI is InChI=1S/C12H14N2O3S/c1-2-7-18-8-6-13-11(15)9-4-3-5-10(14-9)12(16)17/h2-5H,1,6-8H2,(H,13,15)(H,16,17). The van der Waals surface area contributed by atoms with Gasteiger partial charge in [0.1, 0.15) is 11.4 Å². The summed E-state index contributed by atoms with van der Waals surface area (Å²) < 4.78 is 0. The first kappa shape index (κ1) is 14.2. The second-order valence-corrected chi connectivity index (χ2v) is 4.48. The van der Waals surface area contributed by atoms with E-state index in [1.54, 1.807) is 17.8 Å². The maximum absolute atomic E-state index is 11.7. The Kier molecular flexibility index (Phi) is 5.93. The van der Waals surface area contributed by atoms with E-state index in [4.69, 9.17) is 5.11 Å². The Balaban J connectivity index is 2.48. The summed E-state index contributed by atoms with van der Waals surface area (Å²) >= 11 is 1.65. The molecule has 96 valence electrons. The van der Waals surface area contributed by atoms with Gasteiger partial charge in [-0.2, -0.15) is 11.8 Å². The molecule has 0 atom stereocenters. The normalized spacial score (nSPS) is 9.78. The highest BCUT2D eigenvalue weighted by molar-refractivity contribution is 7.99. The number of carboxylic acids is 1. The predicted octanol–water partition coefficient (Wildman–Crippen LogP) is 1.43. The van der Waals surface area contributed by atoms with Gasteiger partial charge in [0, 0.05) is 18.1 Å². The lowest BCUT2D eigenvalue weighted by Crippen LogP contribution is -2.27. The number of thioether (sulfide) groups is 1. The number of nitrogens with one attached hydrogen (secondary N) is 1. The second-order valence-electron chi connectivity index (χ2n) is 3.33. The molecule has 0 aliphatic heterocycles. The Morgan fingerprint density at radius 2 is 2.17 bits per heavy atom. The van der Waals surface area contributed by atoms with Gasteiger partial charge in [0.05, 0.1) is 0 Å². The number of carboxylic acid groups (broad SMARTS) is 1. The molecule has 6 heteroatoms. The Morgan fingerprint density at radius 1 is 1.44 bits per heavy atom. The highest BCUT2D eigenvalue weighted by Gasteiger charge is 2.10. The molecule has 0 saturated heterocycles. The molecule has 0 unspecified atom stereocenters. The van der Waals surface area contributed by atoms with Crippen LogP contribution in [0.3, 0.4) is 0 Å². The monoisotopic (exact) mass is 266 g/mol. The van der Waals surface area contributed by atoms with Crippen molar-refractivity contribution in [1.82, 2.24) is 10.3 Å². The van der Waals surface area contributed by atoms with E-state index in [1.807, 2.05) is 0 Å². The van der Waals surface area contributed by atoms with Crippen LogP contribution in [-0.2, 0) is 0 Å². The lowest BCUT2D eigenvalue weighted by Gasteiger charge is -2.04. The van der Waals surface area contributed by atoms with Crippen molar-refractivity contribution < 1.29 is 14.7 Å². The van der Waals surface area contributed by atoms with E-state index in [1.165, 1.54) is 18.2 Å². The molecule has 18 heavy (non-hydrogen) atoms. The largest absolute Gasteiger partial charge is 0.477 e. The molecule has 0 aliphatic carbocycles. The van der Waals surface area contributed by atoms with Gasteiger partial charge in [0.25, 0.3) is 5.91 Å². The van der Waals surface area contributed by atoms with E-state index in [0.717, 1.165) is 11.5 Å². The van der Waals surface area contributed by atoms with Crippen molar-refractivity contribution in [3.8, 4) is 0 Å². The molecular weight excluding hydrogens is 252 g/mol. The first-order valence-corrected chi connectivity index (χ1v) is 6.48. The number of aromatic carboxylic acids is 1. The third-order valence-electron chi connectivity index (χ3n) is 1.97. The zero-order chi connectivity index (χ0) is 13.4. The summed E-state index contributed by atoms with van der Waals surface area (Å²) in [7, 11) is 0. The molecule has 0 saturated carbocycles. The molecule has 0 aromatic carbocycles. The fourth-order valence-electron chi connectivity index (χ4n) is 1.17. The van der Waals surface area contributed by atoms with Crippen molar-refractivity contribution >= 4 is 23.6 Å². The molecule has 2 N–H and O–H groups in total. The fraction of sp³-hybridized carbons (Fsp3) is 0.250. The first-order valence-electron chi connectivity index (χ1n) is 5.32. The Bertz CT molecular complexity index is 449. The van der Waals surface area contributed by atoms with E-state index in [-0.39, 0.29) is 17.3 Å². The number of carbonyl (C=O) groups excluding carboxylic acids is 1. The van der Waals surface area contributed by atoms with Crippen LogP contribution in [0.5, 0.6) is 0 Å². The van der Waals surface area contributed by atoms with Crippen molar-refractivity contribution in [2.24, 2.45) is 0 Å². The lowest BCUT2D eigenvalue weighted by atomic mass is 10.3. The first-order chi connectivity index (χ1) is 8.65. The van der Waals surface area contributed by atoms with Gasteiger partial charge >= 0.3 is 5.97 Å².